The van der Waals surface area contributed by atoms with Crippen molar-refractivity contribution >= 4 is 11.4 Å². The molecular weight excluding hydrogens is 364 g/mol. The molecule has 28 heavy (non-hydrogen) atoms. The van der Waals surface area contributed by atoms with Crippen molar-refractivity contribution in [2.75, 3.05) is 13.2 Å². The highest BCUT2D eigenvalue weighted by molar-refractivity contribution is 5.50. The fraction of sp³-hybridized carbons (Fsp3) is 0.400. The van der Waals surface area contributed by atoms with E-state index in [0.717, 1.165) is 11.1 Å². The van der Waals surface area contributed by atoms with Crippen LogP contribution >= 0.6 is 0 Å². The summed E-state index contributed by atoms with van der Waals surface area (Å²) in [6.07, 6.45) is 0. The lowest BCUT2D eigenvalue weighted by atomic mass is 10.0. The molecule has 0 aromatic heterocycles. The van der Waals surface area contributed by atoms with Gasteiger partial charge in [-0.25, -0.2) is 0 Å². The lowest BCUT2D eigenvalue weighted by Crippen LogP contribution is -2.11. The lowest BCUT2D eigenvalue weighted by Gasteiger charge is -2.12. The van der Waals surface area contributed by atoms with Gasteiger partial charge in [0.05, 0.1) is 9.85 Å². The SMILES string of the molecule is CC(C)c1ccc(OCCOc2ccc(C(C)C)cc2[N+](=O)[O-])c([N+](=O)[O-])c1. The first-order chi connectivity index (χ1) is 13.2. The Morgan fingerprint density at radius 2 is 1.11 bits per heavy atom. The number of benzene rings is 2. The summed E-state index contributed by atoms with van der Waals surface area (Å²) in [7, 11) is 0. The zero-order chi connectivity index (χ0) is 20.8. The van der Waals surface area contributed by atoms with Gasteiger partial charge in [-0.2, -0.15) is 0 Å². The average molecular weight is 388 g/mol. The first-order valence-electron chi connectivity index (χ1n) is 9.03. The highest BCUT2D eigenvalue weighted by atomic mass is 16.6. The molecule has 0 saturated carbocycles. The Bertz CT molecular complexity index is 792. The van der Waals surface area contributed by atoms with E-state index < -0.39 is 9.85 Å². The molecular formula is C20H24N2O6. The van der Waals surface area contributed by atoms with Crippen LogP contribution in [0.1, 0.15) is 50.7 Å². The molecule has 2 aromatic carbocycles. The molecule has 2 rings (SSSR count). The number of hydrogen-bond acceptors (Lipinski definition) is 6. The maximum Gasteiger partial charge on any atom is 0.311 e. The van der Waals surface area contributed by atoms with Gasteiger partial charge in [0.15, 0.2) is 11.5 Å². The summed E-state index contributed by atoms with van der Waals surface area (Å²) in [6, 6.07) is 9.68. The van der Waals surface area contributed by atoms with Crippen LogP contribution in [0.25, 0.3) is 0 Å². The number of rotatable bonds is 9. The minimum Gasteiger partial charge on any atom is -0.483 e. The van der Waals surface area contributed by atoms with Crippen LogP contribution < -0.4 is 9.47 Å². The van der Waals surface area contributed by atoms with E-state index in [1.165, 1.54) is 12.1 Å². The standard InChI is InChI=1S/C20H24N2O6/c1-13(2)15-5-7-19(17(11-15)21(23)24)27-9-10-28-20-8-6-16(14(3)4)12-18(20)22(25)26/h5-8,11-14H,9-10H2,1-4H3. The summed E-state index contributed by atoms with van der Waals surface area (Å²) in [6.45, 7) is 7.83. The van der Waals surface area contributed by atoms with E-state index in [-0.39, 0.29) is 47.9 Å². The summed E-state index contributed by atoms with van der Waals surface area (Å²) >= 11 is 0. The van der Waals surface area contributed by atoms with Crippen molar-refractivity contribution in [1.29, 1.82) is 0 Å². The fourth-order valence-electron chi connectivity index (χ4n) is 2.62. The molecule has 0 aliphatic carbocycles. The third kappa shape index (κ3) is 5.18. The third-order valence-electron chi connectivity index (χ3n) is 4.29. The molecule has 8 heteroatoms. The molecule has 0 spiro atoms. The molecule has 0 amide bonds. The molecule has 8 nitrogen and oxygen atoms in total. The molecule has 0 atom stereocenters. The van der Waals surface area contributed by atoms with Crippen molar-refractivity contribution in [1.82, 2.24) is 0 Å². The van der Waals surface area contributed by atoms with Gasteiger partial charge >= 0.3 is 11.4 Å². The van der Waals surface area contributed by atoms with Gasteiger partial charge in [0.25, 0.3) is 0 Å². The van der Waals surface area contributed by atoms with Gasteiger partial charge in [0.1, 0.15) is 13.2 Å². The second kappa shape index (κ2) is 9.16. The molecule has 0 unspecified atom stereocenters. The molecule has 0 aliphatic heterocycles. The van der Waals surface area contributed by atoms with Crippen LogP contribution in [0.5, 0.6) is 11.5 Å². The zero-order valence-corrected chi connectivity index (χ0v) is 16.4. The summed E-state index contributed by atoms with van der Waals surface area (Å²) in [5.74, 6) is 0.598. The van der Waals surface area contributed by atoms with E-state index in [4.69, 9.17) is 9.47 Å². The van der Waals surface area contributed by atoms with Crippen molar-refractivity contribution in [3.63, 3.8) is 0 Å². The maximum absolute atomic E-state index is 11.3. The number of nitrogens with zero attached hydrogens (tertiary/aromatic N) is 2. The van der Waals surface area contributed by atoms with Gasteiger partial charge in [-0.1, -0.05) is 39.8 Å². The second-order valence-corrected chi connectivity index (χ2v) is 6.97. The van der Waals surface area contributed by atoms with Crippen molar-refractivity contribution in [3.8, 4) is 11.5 Å². The Morgan fingerprint density at radius 1 is 0.750 bits per heavy atom. The highest BCUT2D eigenvalue weighted by Crippen LogP contribution is 2.32. The van der Waals surface area contributed by atoms with Crippen LogP contribution in [0.15, 0.2) is 36.4 Å². The van der Waals surface area contributed by atoms with E-state index >= 15 is 0 Å². The fourth-order valence-corrected chi connectivity index (χ4v) is 2.62. The van der Waals surface area contributed by atoms with Crippen LogP contribution in [0.2, 0.25) is 0 Å². The summed E-state index contributed by atoms with van der Waals surface area (Å²) in [5.41, 5.74) is 1.46. The average Bonchev–Trinajstić information content (AvgIpc) is 2.64. The minimum absolute atomic E-state index is 0.0188. The van der Waals surface area contributed by atoms with Crippen LogP contribution in [-0.2, 0) is 0 Å². The summed E-state index contributed by atoms with van der Waals surface area (Å²) in [5, 5.41) is 22.6. The van der Waals surface area contributed by atoms with Gasteiger partial charge in [0, 0.05) is 12.1 Å². The highest BCUT2D eigenvalue weighted by Gasteiger charge is 2.19. The Morgan fingerprint density at radius 3 is 1.39 bits per heavy atom. The number of hydrogen-bond donors (Lipinski definition) is 0. The number of nitro groups is 2. The second-order valence-electron chi connectivity index (χ2n) is 6.97. The predicted molar refractivity (Wildman–Crippen MR) is 105 cm³/mol. The van der Waals surface area contributed by atoms with Crippen molar-refractivity contribution in [2.24, 2.45) is 0 Å². The number of ether oxygens (including phenoxy) is 2. The minimum atomic E-state index is -0.489. The van der Waals surface area contributed by atoms with E-state index in [2.05, 4.69) is 0 Å². The molecule has 0 saturated heterocycles. The van der Waals surface area contributed by atoms with Gasteiger partial charge in [-0.15, -0.1) is 0 Å². The molecule has 0 radical (unpaired) electrons. The van der Waals surface area contributed by atoms with Gasteiger partial charge < -0.3 is 9.47 Å². The largest absolute Gasteiger partial charge is 0.483 e. The van der Waals surface area contributed by atoms with Crippen molar-refractivity contribution in [3.05, 3.63) is 67.8 Å². The van der Waals surface area contributed by atoms with Gasteiger partial charge in [-0.05, 0) is 35.1 Å². The van der Waals surface area contributed by atoms with Crippen molar-refractivity contribution < 1.29 is 19.3 Å². The molecule has 0 heterocycles. The normalized spacial score (nSPS) is 10.9. The van der Waals surface area contributed by atoms with E-state index in [9.17, 15) is 20.2 Å². The Kier molecular flexibility index (Phi) is 6.92. The molecule has 0 fully saturated rings. The van der Waals surface area contributed by atoms with E-state index in [1.54, 1.807) is 24.3 Å². The first kappa shape index (κ1) is 21.1. The van der Waals surface area contributed by atoms with Crippen molar-refractivity contribution in [2.45, 2.75) is 39.5 Å². The molecule has 0 aliphatic rings. The van der Waals surface area contributed by atoms with Crippen LogP contribution in [0.3, 0.4) is 0 Å². The van der Waals surface area contributed by atoms with Gasteiger partial charge in [-0.3, -0.25) is 20.2 Å². The smallest absolute Gasteiger partial charge is 0.311 e. The maximum atomic E-state index is 11.3. The van der Waals surface area contributed by atoms with Gasteiger partial charge in [0.2, 0.25) is 0 Å². The Hall–Kier alpha value is -3.16. The van der Waals surface area contributed by atoms with E-state index in [0.29, 0.717) is 0 Å². The summed E-state index contributed by atoms with van der Waals surface area (Å²) < 4.78 is 11.0. The van der Waals surface area contributed by atoms with Crippen LogP contribution in [0.4, 0.5) is 11.4 Å². The Labute approximate surface area is 163 Å². The van der Waals surface area contributed by atoms with Crippen LogP contribution in [-0.4, -0.2) is 23.1 Å². The molecule has 150 valence electrons. The molecule has 2 aromatic rings. The predicted octanol–water partition coefficient (Wildman–Crippen LogP) is 5.21. The molecule has 0 bridgehead atoms. The summed E-state index contributed by atoms with van der Waals surface area (Å²) in [4.78, 5) is 21.6. The molecule has 0 N–H and O–H groups in total. The quantitative estimate of drug-likeness (QED) is 0.332. The topological polar surface area (TPSA) is 105 Å². The number of nitro benzene ring substituents is 2. The lowest BCUT2D eigenvalue weighted by molar-refractivity contribution is -0.386. The Balaban J connectivity index is 2.05. The monoisotopic (exact) mass is 388 g/mol. The van der Waals surface area contributed by atoms with Crippen LogP contribution in [0, 0.1) is 20.2 Å². The first-order valence-corrected chi connectivity index (χ1v) is 9.03. The third-order valence-corrected chi connectivity index (χ3v) is 4.29. The zero-order valence-electron chi connectivity index (χ0n) is 16.4. The van der Waals surface area contributed by atoms with E-state index in [1.807, 2.05) is 27.7 Å².